The summed E-state index contributed by atoms with van der Waals surface area (Å²) in [5.74, 6) is 0.633. The van der Waals surface area contributed by atoms with Crippen molar-refractivity contribution in [2.45, 2.75) is 38.6 Å². The highest BCUT2D eigenvalue weighted by Crippen LogP contribution is 2.26. The summed E-state index contributed by atoms with van der Waals surface area (Å²) in [5.41, 5.74) is 2.81. The van der Waals surface area contributed by atoms with Gasteiger partial charge in [0.1, 0.15) is 6.07 Å². The van der Waals surface area contributed by atoms with Crippen LogP contribution in [0.15, 0.2) is 30.6 Å². The van der Waals surface area contributed by atoms with Crippen molar-refractivity contribution in [1.29, 1.82) is 5.26 Å². The van der Waals surface area contributed by atoms with E-state index in [0.717, 1.165) is 62.2 Å². The van der Waals surface area contributed by atoms with Crippen molar-refractivity contribution in [1.82, 2.24) is 14.2 Å². The van der Waals surface area contributed by atoms with Crippen LogP contribution in [0.4, 0.5) is 0 Å². The molecule has 26 heavy (non-hydrogen) atoms. The lowest BCUT2D eigenvalue weighted by atomic mass is 9.88. The molecular formula is C21H26N4O. The zero-order valence-corrected chi connectivity index (χ0v) is 15.2. The summed E-state index contributed by atoms with van der Waals surface area (Å²) in [4.78, 5) is 17.1. The molecule has 2 aromatic rings. The lowest BCUT2D eigenvalue weighted by Crippen LogP contribution is -2.50. The van der Waals surface area contributed by atoms with Crippen LogP contribution in [-0.2, 0) is 11.3 Å². The molecule has 2 aliphatic rings. The van der Waals surface area contributed by atoms with E-state index in [-0.39, 0.29) is 5.92 Å². The highest BCUT2D eigenvalue weighted by Gasteiger charge is 2.28. The second-order valence-electron chi connectivity index (χ2n) is 7.57. The summed E-state index contributed by atoms with van der Waals surface area (Å²) in [6.45, 7) is 4.16. The fourth-order valence-electron chi connectivity index (χ4n) is 4.40. The maximum atomic E-state index is 12.7. The van der Waals surface area contributed by atoms with E-state index in [0.29, 0.717) is 5.91 Å². The van der Waals surface area contributed by atoms with Crippen molar-refractivity contribution in [2.24, 2.45) is 5.92 Å². The van der Waals surface area contributed by atoms with Gasteiger partial charge in [-0.3, -0.25) is 9.69 Å². The third kappa shape index (κ3) is 3.34. The lowest BCUT2D eigenvalue weighted by Gasteiger charge is -2.37. The van der Waals surface area contributed by atoms with Gasteiger partial charge in [0.25, 0.3) is 0 Å². The SMILES string of the molecule is N#Cc1c(CN2CCN(C(=O)C3CCCCC3)CC2)cn2ccccc12. The topological polar surface area (TPSA) is 51.8 Å². The predicted octanol–water partition coefficient (Wildman–Crippen LogP) is 3.04. The molecule has 0 N–H and O–H groups in total. The molecule has 5 nitrogen and oxygen atoms in total. The lowest BCUT2D eigenvalue weighted by molar-refractivity contribution is -0.138. The Morgan fingerprint density at radius 2 is 1.88 bits per heavy atom. The number of pyridine rings is 1. The number of hydrogen-bond donors (Lipinski definition) is 0. The van der Waals surface area contributed by atoms with Crippen LogP contribution in [0.3, 0.4) is 0 Å². The number of carbonyl (C=O) groups is 1. The van der Waals surface area contributed by atoms with Crippen molar-refractivity contribution < 1.29 is 4.79 Å². The van der Waals surface area contributed by atoms with E-state index in [4.69, 9.17) is 0 Å². The summed E-state index contributed by atoms with van der Waals surface area (Å²) in [5, 5.41) is 9.56. The van der Waals surface area contributed by atoms with E-state index in [1.54, 1.807) is 0 Å². The standard InChI is InChI=1S/C21H26N4O/c22-14-19-18(16-25-9-5-4-8-20(19)25)15-23-10-12-24(13-11-23)21(26)17-6-2-1-3-7-17/h4-5,8-9,16-17H,1-3,6-7,10-13,15H2. The van der Waals surface area contributed by atoms with Gasteiger partial charge < -0.3 is 9.30 Å². The van der Waals surface area contributed by atoms with Crippen LogP contribution in [0.5, 0.6) is 0 Å². The monoisotopic (exact) mass is 350 g/mol. The fourth-order valence-corrected chi connectivity index (χ4v) is 4.40. The molecule has 1 aliphatic carbocycles. The van der Waals surface area contributed by atoms with Crippen LogP contribution in [0.25, 0.3) is 5.52 Å². The van der Waals surface area contributed by atoms with Gasteiger partial charge in [0.2, 0.25) is 5.91 Å². The van der Waals surface area contributed by atoms with Gasteiger partial charge in [-0.05, 0) is 25.0 Å². The second-order valence-corrected chi connectivity index (χ2v) is 7.57. The average Bonchev–Trinajstić information content (AvgIpc) is 3.05. The van der Waals surface area contributed by atoms with Gasteiger partial charge in [0, 0.05) is 56.6 Å². The molecule has 5 heteroatoms. The van der Waals surface area contributed by atoms with E-state index < -0.39 is 0 Å². The molecule has 3 heterocycles. The fraction of sp³-hybridized carbons (Fsp3) is 0.524. The molecule has 1 saturated heterocycles. The molecule has 2 aromatic heterocycles. The van der Waals surface area contributed by atoms with Gasteiger partial charge in [0.15, 0.2) is 0 Å². The van der Waals surface area contributed by atoms with Gasteiger partial charge in [-0.2, -0.15) is 5.26 Å². The van der Waals surface area contributed by atoms with Gasteiger partial charge in [-0.1, -0.05) is 25.3 Å². The highest BCUT2D eigenvalue weighted by atomic mass is 16.2. The van der Waals surface area contributed by atoms with E-state index in [9.17, 15) is 10.1 Å². The van der Waals surface area contributed by atoms with Crippen molar-refractivity contribution in [2.75, 3.05) is 26.2 Å². The molecule has 4 rings (SSSR count). The summed E-state index contributed by atoms with van der Waals surface area (Å²) in [6.07, 6.45) is 9.88. The Balaban J connectivity index is 1.38. The first-order chi connectivity index (χ1) is 12.8. The molecule has 1 amide bonds. The van der Waals surface area contributed by atoms with Gasteiger partial charge >= 0.3 is 0 Å². The molecule has 0 radical (unpaired) electrons. The Bertz CT molecular complexity index is 820. The predicted molar refractivity (Wildman–Crippen MR) is 101 cm³/mol. The van der Waals surface area contributed by atoms with Gasteiger partial charge in [-0.15, -0.1) is 0 Å². The number of rotatable bonds is 3. The largest absolute Gasteiger partial charge is 0.340 e. The Hall–Kier alpha value is -2.32. The Morgan fingerprint density at radius 1 is 1.12 bits per heavy atom. The first kappa shape index (κ1) is 17.1. The van der Waals surface area contributed by atoms with Crippen LogP contribution in [0.1, 0.15) is 43.2 Å². The Kier molecular flexibility index (Phi) is 4.94. The molecular weight excluding hydrogens is 324 g/mol. The molecule has 1 saturated carbocycles. The number of hydrogen-bond acceptors (Lipinski definition) is 3. The van der Waals surface area contributed by atoms with Crippen LogP contribution < -0.4 is 0 Å². The minimum absolute atomic E-state index is 0.261. The molecule has 0 atom stereocenters. The minimum Gasteiger partial charge on any atom is -0.340 e. The van der Waals surface area contributed by atoms with Crippen LogP contribution >= 0.6 is 0 Å². The molecule has 0 aromatic carbocycles. The Morgan fingerprint density at radius 3 is 2.62 bits per heavy atom. The second kappa shape index (κ2) is 7.51. The zero-order valence-electron chi connectivity index (χ0n) is 15.2. The van der Waals surface area contributed by atoms with Gasteiger partial charge in [0.05, 0.1) is 11.1 Å². The first-order valence-corrected chi connectivity index (χ1v) is 9.76. The zero-order chi connectivity index (χ0) is 17.9. The molecule has 1 aliphatic heterocycles. The third-order valence-corrected chi connectivity index (χ3v) is 5.91. The van der Waals surface area contributed by atoms with Crippen molar-refractivity contribution in [3.8, 4) is 6.07 Å². The smallest absolute Gasteiger partial charge is 0.225 e. The van der Waals surface area contributed by atoms with E-state index >= 15 is 0 Å². The van der Waals surface area contributed by atoms with E-state index in [1.165, 1.54) is 19.3 Å². The van der Waals surface area contributed by atoms with E-state index in [1.807, 2.05) is 28.8 Å². The number of piperazine rings is 1. The van der Waals surface area contributed by atoms with Crippen LogP contribution in [0, 0.1) is 17.2 Å². The number of carbonyl (C=O) groups excluding carboxylic acids is 1. The van der Waals surface area contributed by atoms with Crippen LogP contribution in [-0.4, -0.2) is 46.3 Å². The number of nitriles is 1. The quantitative estimate of drug-likeness (QED) is 0.855. The summed E-state index contributed by atoms with van der Waals surface area (Å²) >= 11 is 0. The molecule has 0 unspecified atom stereocenters. The van der Waals surface area contributed by atoms with Crippen molar-refractivity contribution in [3.63, 3.8) is 0 Å². The molecule has 0 bridgehead atoms. The third-order valence-electron chi connectivity index (χ3n) is 5.91. The molecule has 0 spiro atoms. The highest BCUT2D eigenvalue weighted by molar-refractivity contribution is 5.79. The average molecular weight is 350 g/mol. The number of fused-ring (bicyclic) bond motifs is 1. The normalized spacial score (nSPS) is 19.6. The number of amides is 1. The van der Waals surface area contributed by atoms with Crippen molar-refractivity contribution in [3.05, 3.63) is 41.7 Å². The number of aromatic nitrogens is 1. The van der Waals surface area contributed by atoms with Crippen LogP contribution in [0.2, 0.25) is 0 Å². The summed E-state index contributed by atoms with van der Waals surface area (Å²) in [6, 6.07) is 8.30. The van der Waals surface area contributed by atoms with E-state index in [2.05, 4.69) is 22.1 Å². The van der Waals surface area contributed by atoms with Crippen molar-refractivity contribution >= 4 is 11.4 Å². The molecule has 136 valence electrons. The summed E-state index contributed by atoms with van der Waals surface area (Å²) < 4.78 is 2.02. The molecule has 2 fully saturated rings. The maximum Gasteiger partial charge on any atom is 0.225 e. The summed E-state index contributed by atoms with van der Waals surface area (Å²) in [7, 11) is 0. The minimum atomic E-state index is 0.261. The first-order valence-electron chi connectivity index (χ1n) is 9.76. The Labute approximate surface area is 154 Å². The van der Waals surface area contributed by atoms with Gasteiger partial charge in [-0.25, -0.2) is 0 Å². The maximum absolute atomic E-state index is 12.7. The number of nitrogens with zero attached hydrogens (tertiary/aromatic N) is 4.